The Hall–Kier alpha value is -4.43. The van der Waals surface area contributed by atoms with Crippen molar-refractivity contribution in [1.82, 2.24) is 24.7 Å². The molecule has 0 unspecified atom stereocenters. The van der Waals surface area contributed by atoms with E-state index < -0.39 is 17.3 Å². The molecule has 50 heavy (non-hydrogen) atoms. The summed E-state index contributed by atoms with van der Waals surface area (Å²) in [5.74, 6) is 1.40. The molecule has 3 aromatic rings. The van der Waals surface area contributed by atoms with Crippen molar-refractivity contribution in [3.05, 3.63) is 71.5 Å². The van der Waals surface area contributed by atoms with E-state index in [0.29, 0.717) is 34.8 Å². The van der Waals surface area contributed by atoms with E-state index in [9.17, 15) is 18.0 Å². The van der Waals surface area contributed by atoms with Gasteiger partial charge in [0.1, 0.15) is 35.1 Å². The fourth-order valence-electron chi connectivity index (χ4n) is 6.82. The summed E-state index contributed by atoms with van der Waals surface area (Å²) in [6, 6.07) is 12.3. The molecule has 4 N–H and O–H groups in total. The van der Waals surface area contributed by atoms with E-state index in [1.54, 1.807) is 29.2 Å². The lowest BCUT2D eigenvalue weighted by atomic mass is 9.95. The molecule has 2 aromatic carbocycles. The normalized spacial score (nSPS) is 18.8. The van der Waals surface area contributed by atoms with Crippen LogP contribution in [0.4, 0.5) is 29.6 Å². The SMILES string of the molecule is CC(C)(C)OC(=O)N1CC(N2CCC(N3CCC(Nc4ncnc(N)c4C(=N)c4ccc(Oc5ccc(C(F)(F)F)cc5)cc4)CC3)CC2)C1. The van der Waals surface area contributed by atoms with Gasteiger partial charge < -0.3 is 30.3 Å². The molecule has 11 nitrogen and oxygen atoms in total. The number of piperidine rings is 2. The smallest absolute Gasteiger partial charge is 0.416 e. The molecule has 0 aliphatic carbocycles. The molecule has 3 fully saturated rings. The topological polar surface area (TPSA) is 133 Å². The fourth-order valence-corrected chi connectivity index (χ4v) is 6.82. The van der Waals surface area contributed by atoms with Gasteiger partial charge in [-0.1, -0.05) is 0 Å². The molecule has 14 heteroatoms. The van der Waals surface area contributed by atoms with Gasteiger partial charge in [-0.2, -0.15) is 13.2 Å². The predicted molar refractivity (Wildman–Crippen MR) is 185 cm³/mol. The van der Waals surface area contributed by atoms with Gasteiger partial charge in [0, 0.05) is 63.0 Å². The molecule has 1 aromatic heterocycles. The van der Waals surface area contributed by atoms with Gasteiger partial charge in [-0.25, -0.2) is 14.8 Å². The van der Waals surface area contributed by atoms with Crippen LogP contribution in [0.3, 0.4) is 0 Å². The summed E-state index contributed by atoms with van der Waals surface area (Å²) in [5.41, 5.74) is 6.18. The van der Waals surface area contributed by atoms with Gasteiger partial charge in [-0.05, 0) is 95.0 Å². The van der Waals surface area contributed by atoms with Gasteiger partial charge in [0.15, 0.2) is 0 Å². The Balaban J connectivity index is 0.982. The molecular formula is C36H45F3N8O3. The van der Waals surface area contributed by atoms with Crippen LogP contribution in [0.1, 0.15) is 63.1 Å². The number of carbonyl (C=O) groups is 1. The van der Waals surface area contributed by atoms with Crippen molar-refractivity contribution in [3.63, 3.8) is 0 Å². The second-order valence-corrected chi connectivity index (χ2v) is 14.3. The highest BCUT2D eigenvalue weighted by Gasteiger charge is 2.39. The van der Waals surface area contributed by atoms with E-state index >= 15 is 0 Å². The molecule has 3 saturated heterocycles. The molecule has 1 amide bonds. The molecule has 268 valence electrons. The monoisotopic (exact) mass is 694 g/mol. The van der Waals surface area contributed by atoms with Crippen molar-refractivity contribution < 1.29 is 27.4 Å². The number of hydrogen-bond donors (Lipinski definition) is 3. The Morgan fingerprint density at radius 3 is 2.00 bits per heavy atom. The van der Waals surface area contributed by atoms with Crippen molar-refractivity contribution in [2.75, 3.05) is 50.3 Å². The number of halogens is 3. The number of carbonyl (C=O) groups excluding carboxylic acids is 1. The lowest BCUT2D eigenvalue weighted by Gasteiger charge is -2.49. The Labute approximate surface area is 290 Å². The van der Waals surface area contributed by atoms with E-state index in [4.69, 9.17) is 20.6 Å². The first-order valence-electron chi connectivity index (χ1n) is 17.1. The lowest BCUT2D eigenvalue weighted by Crippen LogP contribution is -2.63. The first kappa shape index (κ1) is 35.4. The predicted octanol–water partition coefficient (Wildman–Crippen LogP) is 6.25. The lowest BCUT2D eigenvalue weighted by molar-refractivity contribution is -0.137. The maximum atomic E-state index is 12.9. The van der Waals surface area contributed by atoms with Crippen LogP contribution in [0.15, 0.2) is 54.9 Å². The molecule has 0 bridgehead atoms. The van der Waals surface area contributed by atoms with Crippen molar-refractivity contribution in [1.29, 1.82) is 5.41 Å². The molecule has 0 saturated carbocycles. The molecule has 3 aliphatic rings. The Bertz CT molecular complexity index is 1640. The van der Waals surface area contributed by atoms with E-state index in [2.05, 4.69) is 25.1 Å². The summed E-state index contributed by atoms with van der Waals surface area (Å²) < 4.78 is 49.9. The highest BCUT2D eigenvalue weighted by Crippen LogP contribution is 2.32. The first-order chi connectivity index (χ1) is 23.7. The number of benzene rings is 2. The number of likely N-dealkylation sites (tertiary alicyclic amines) is 3. The number of hydrogen-bond acceptors (Lipinski definition) is 10. The average Bonchev–Trinajstić information content (AvgIpc) is 3.04. The third-order valence-corrected chi connectivity index (χ3v) is 9.60. The molecule has 0 atom stereocenters. The number of anilines is 2. The number of amides is 1. The summed E-state index contributed by atoms with van der Waals surface area (Å²) in [5, 5.41) is 12.5. The maximum Gasteiger partial charge on any atom is 0.416 e. The quantitative estimate of drug-likeness (QED) is 0.234. The van der Waals surface area contributed by atoms with E-state index in [0.717, 1.165) is 77.1 Å². The second kappa shape index (κ2) is 14.4. The van der Waals surface area contributed by atoms with Crippen LogP contribution < -0.4 is 15.8 Å². The molecule has 3 aliphatic heterocycles. The highest BCUT2D eigenvalue weighted by atomic mass is 19.4. The molecule has 0 radical (unpaired) electrons. The van der Waals surface area contributed by atoms with Crippen molar-refractivity contribution in [3.8, 4) is 11.5 Å². The van der Waals surface area contributed by atoms with E-state index in [1.807, 2.05) is 20.8 Å². The van der Waals surface area contributed by atoms with Gasteiger partial charge in [0.25, 0.3) is 0 Å². The second-order valence-electron chi connectivity index (χ2n) is 14.3. The fraction of sp³-hybridized carbons (Fsp3) is 0.500. The number of nitrogens with one attached hydrogen (secondary N) is 2. The Kier molecular flexibility index (Phi) is 10.2. The highest BCUT2D eigenvalue weighted by molar-refractivity contribution is 6.16. The summed E-state index contributed by atoms with van der Waals surface area (Å²) >= 11 is 0. The van der Waals surface area contributed by atoms with Gasteiger partial charge >= 0.3 is 12.3 Å². The summed E-state index contributed by atoms with van der Waals surface area (Å²) in [4.78, 5) is 27.8. The number of aromatic nitrogens is 2. The summed E-state index contributed by atoms with van der Waals surface area (Å²) in [6.45, 7) is 11.1. The van der Waals surface area contributed by atoms with Gasteiger partial charge in [-0.3, -0.25) is 10.3 Å². The number of nitrogens with two attached hydrogens (primary N) is 1. The maximum absolute atomic E-state index is 12.9. The Morgan fingerprint density at radius 2 is 1.42 bits per heavy atom. The van der Waals surface area contributed by atoms with Gasteiger partial charge in [0.05, 0.1) is 16.8 Å². The summed E-state index contributed by atoms with van der Waals surface area (Å²) in [6.07, 6.45) is 0.834. The minimum Gasteiger partial charge on any atom is -0.457 e. The minimum atomic E-state index is -4.42. The van der Waals surface area contributed by atoms with Crippen molar-refractivity contribution in [2.24, 2.45) is 0 Å². The van der Waals surface area contributed by atoms with Crippen LogP contribution in [-0.4, -0.2) is 99.5 Å². The number of alkyl halides is 3. The number of nitrogen functional groups attached to an aromatic ring is 1. The van der Waals surface area contributed by atoms with Crippen LogP contribution in [0.2, 0.25) is 0 Å². The third kappa shape index (κ3) is 8.47. The molecule has 4 heterocycles. The number of rotatable bonds is 8. The van der Waals surface area contributed by atoms with E-state index in [1.165, 1.54) is 18.5 Å². The minimum absolute atomic E-state index is 0.150. The standard InChI is InChI=1S/C36H45F3N8O3/c1-35(2,3)50-34(48)47-20-27(21-47)46-18-14-26(15-19-46)45-16-12-25(13-17-45)44-33-30(32(41)42-22-43-33)31(40)23-4-8-28(9-5-23)49-29-10-6-24(7-11-29)36(37,38)39/h4-11,22,25-27,40H,12-21H2,1-3H3,(H3,41,42,43,44). The average molecular weight is 695 g/mol. The number of nitrogens with zero attached hydrogens (tertiary/aromatic N) is 5. The van der Waals surface area contributed by atoms with Crippen LogP contribution in [-0.2, 0) is 10.9 Å². The van der Waals surface area contributed by atoms with Gasteiger partial charge in [-0.15, -0.1) is 0 Å². The zero-order chi connectivity index (χ0) is 35.6. The number of ether oxygens (including phenoxy) is 2. The first-order valence-corrected chi connectivity index (χ1v) is 17.1. The largest absolute Gasteiger partial charge is 0.457 e. The zero-order valence-electron chi connectivity index (χ0n) is 28.7. The Morgan fingerprint density at radius 1 is 0.860 bits per heavy atom. The third-order valence-electron chi connectivity index (χ3n) is 9.60. The van der Waals surface area contributed by atoms with Crippen LogP contribution >= 0.6 is 0 Å². The van der Waals surface area contributed by atoms with Crippen molar-refractivity contribution >= 4 is 23.4 Å². The van der Waals surface area contributed by atoms with Crippen LogP contribution in [0, 0.1) is 5.41 Å². The van der Waals surface area contributed by atoms with Crippen molar-refractivity contribution in [2.45, 2.75) is 76.4 Å². The molecular weight excluding hydrogens is 649 g/mol. The molecule has 6 rings (SSSR count). The van der Waals surface area contributed by atoms with Crippen LogP contribution in [0.5, 0.6) is 11.5 Å². The van der Waals surface area contributed by atoms with E-state index in [-0.39, 0.29) is 29.4 Å². The molecule has 0 spiro atoms. The zero-order valence-corrected chi connectivity index (χ0v) is 28.7. The van der Waals surface area contributed by atoms with Gasteiger partial charge in [0.2, 0.25) is 0 Å². The summed E-state index contributed by atoms with van der Waals surface area (Å²) in [7, 11) is 0. The van der Waals surface area contributed by atoms with Crippen LogP contribution in [0.25, 0.3) is 0 Å².